The van der Waals surface area contributed by atoms with Crippen LogP contribution in [0.4, 0.5) is 0 Å². The largest absolute Gasteiger partial charge is 0.496 e. The number of methoxy groups -OCH3 is 1. The van der Waals surface area contributed by atoms with E-state index in [2.05, 4.69) is 4.74 Å². The van der Waals surface area contributed by atoms with E-state index in [1.54, 1.807) is 18.2 Å². The molecule has 2 N–H and O–H groups in total. The van der Waals surface area contributed by atoms with Crippen molar-refractivity contribution in [3.8, 4) is 5.75 Å². The van der Waals surface area contributed by atoms with Gasteiger partial charge < -0.3 is 15.2 Å². The van der Waals surface area contributed by atoms with Gasteiger partial charge in [-0.25, -0.2) is 0 Å². The minimum absolute atomic E-state index is 0.0307. The Labute approximate surface area is 103 Å². The first kappa shape index (κ1) is 13.3. The Balaban J connectivity index is 2.69. The average Bonchev–Trinajstić information content (AvgIpc) is 2.27. The predicted molar refractivity (Wildman–Crippen MR) is 61.9 cm³/mol. The standard InChI is InChI=1S/C11H12ClNO4/c1-16-9-3-2-8(12)4-7(9)5-11(15)17-6-10(13)14/h2-4H,5-6H2,1H3,(H2,13,14). The summed E-state index contributed by atoms with van der Waals surface area (Å²) in [5.41, 5.74) is 5.44. The molecule has 1 amide bonds. The highest BCUT2D eigenvalue weighted by Gasteiger charge is 2.11. The summed E-state index contributed by atoms with van der Waals surface area (Å²) in [6.45, 7) is -0.429. The van der Waals surface area contributed by atoms with E-state index in [0.29, 0.717) is 16.3 Å². The molecular formula is C11H12ClNO4. The lowest BCUT2D eigenvalue weighted by Crippen LogP contribution is -2.21. The summed E-state index contributed by atoms with van der Waals surface area (Å²) in [5, 5.41) is 0.489. The highest BCUT2D eigenvalue weighted by molar-refractivity contribution is 6.30. The maximum atomic E-state index is 11.4. The van der Waals surface area contributed by atoms with Crippen molar-refractivity contribution in [2.45, 2.75) is 6.42 Å². The van der Waals surface area contributed by atoms with Crippen LogP contribution in [0.5, 0.6) is 5.75 Å². The second kappa shape index (κ2) is 6.10. The third-order valence-corrected chi connectivity index (χ3v) is 2.19. The number of esters is 1. The molecule has 0 aliphatic heterocycles. The predicted octanol–water partition coefficient (Wildman–Crippen LogP) is 0.920. The number of carbonyl (C=O) groups excluding carboxylic acids is 2. The molecule has 1 rings (SSSR count). The molecule has 0 aliphatic rings. The number of benzene rings is 1. The molecule has 0 radical (unpaired) electrons. The first-order valence-corrected chi connectivity index (χ1v) is 5.17. The van der Waals surface area contributed by atoms with Gasteiger partial charge >= 0.3 is 5.97 Å². The second-order valence-electron chi connectivity index (χ2n) is 3.26. The van der Waals surface area contributed by atoms with E-state index in [1.807, 2.05) is 0 Å². The van der Waals surface area contributed by atoms with E-state index >= 15 is 0 Å². The summed E-state index contributed by atoms with van der Waals surface area (Å²) in [7, 11) is 1.49. The van der Waals surface area contributed by atoms with Crippen LogP contribution in [-0.2, 0) is 20.7 Å². The smallest absolute Gasteiger partial charge is 0.310 e. The topological polar surface area (TPSA) is 78.6 Å². The van der Waals surface area contributed by atoms with Crippen molar-refractivity contribution in [3.63, 3.8) is 0 Å². The lowest BCUT2D eigenvalue weighted by Gasteiger charge is -2.08. The Morgan fingerprint density at radius 1 is 1.41 bits per heavy atom. The minimum atomic E-state index is -0.698. The fraction of sp³-hybridized carbons (Fsp3) is 0.273. The van der Waals surface area contributed by atoms with E-state index in [0.717, 1.165) is 0 Å². The zero-order chi connectivity index (χ0) is 12.8. The van der Waals surface area contributed by atoms with Gasteiger partial charge in [-0.3, -0.25) is 9.59 Å². The van der Waals surface area contributed by atoms with Gasteiger partial charge in [-0.1, -0.05) is 11.6 Å². The van der Waals surface area contributed by atoms with Crippen LogP contribution in [0, 0.1) is 0 Å². The molecule has 0 bridgehead atoms. The van der Waals surface area contributed by atoms with Gasteiger partial charge in [-0.15, -0.1) is 0 Å². The fourth-order valence-corrected chi connectivity index (χ4v) is 1.44. The minimum Gasteiger partial charge on any atom is -0.496 e. The number of nitrogens with two attached hydrogens (primary N) is 1. The normalized spacial score (nSPS) is 9.76. The van der Waals surface area contributed by atoms with E-state index in [9.17, 15) is 9.59 Å². The zero-order valence-corrected chi connectivity index (χ0v) is 9.99. The summed E-state index contributed by atoms with van der Waals surface area (Å²) < 4.78 is 9.70. The van der Waals surface area contributed by atoms with Gasteiger partial charge in [0, 0.05) is 10.6 Å². The van der Waals surface area contributed by atoms with Gasteiger partial charge in [0.2, 0.25) is 0 Å². The number of hydrogen-bond acceptors (Lipinski definition) is 4. The van der Waals surface area contributed by atoms with Crippen LogP contribution >= 0.6 is 11.6 Å². The molecule has 1 aromatic rings. The van der Waals surface area contributed by atoms with E-state index in [1.165, 1.54) is 7.11 Å². The van der Waals surface area contributed by atoms with Crippen molar-refractivity contribution in [3.05, 3.63) is 28.8 Å². The third-order valence-electron chi connectivity index (χ3n) is 1.95. The fourth-order valence-electron chi connectivity index (χ4n) is 1.24. The van der Waals surface area contributed by atoms with Crippen molar-refractivity contribution in [2.24, 2.45) is 5.73 Å². The maximum Gasteiger partial charge on any atom is 0.310 e. The average molecular weight is 258 g/mol. The van der Waals surface area contributed by atoms with Crippen molar-refractivity contribution in [1.29, 1.82) is 0 Å². The Morgan fingerprint density at radius 3 is 2.71 bits per heavy atom. The molecule has 17 heavy (non-hydrogen) atoms. The molecule has 0 atom stereocenters. The number of ether oxygens (including phenoxy) is 2. The van der Waals surface area contributed by atoms with Gasteiger partial charge in [-0.2, -0.15) is 0 Å². The third kappa shape index (κ3) is 4.32. The number of hydrogen-bond donors (Lipinski definition) is 1. The molecule has 0 saturated heterocycles. The van der Waals surface area contributed by atoms with E-state index in [-0.39, 0.29) is 6.42 Å². The second-order valence-corrected chi connectivity index (χ2v) is 3.70. The molecule has 0 fully saturated rings. The molecule has 0 unspecified atom stereocenters. The molecular weight excluding hydrogens is 246 g/mol. The number of halogens is 1. The van der Waals surface area contributed by atoms with Crippen LogP contribution in [0.1, 0.15) is 5.56 Å². The van der Waals surface area contributed by atoms with Crippen LogP contribution in [0.2, 0.25) is 5.02 Å². The molecule has 6 heteroatoms. The Bertz CT molecular complexity index is 433. The summed E-state index contributed by atoms with van der Waals surface area (Å²) in [6, 6.07) is 4.91. The van der Waals surface area contributed by atoms with Crippen molar-refractivity contribution in [1.82, 2.24) is 0 Å². The number of carbonyl (C=O) groups is 2. The summed E-state index contributed by atoms with van der Waals surface area (Å²) in [4.78, 5) is 21.8. The first-order valence-electron chi connectivity index (χ1n) is 4.79. The molecule has 0 spiro atoms. The quantitative estimate of drug-likeness (QED) is 0.796. The molecule has 0 heterocycles. The zero-order valence-electron chi connectivity index (χ0n) is 9.23. The number of rotatable bonds is 5. The SMILES string of the molecule is COc1ccc(Cl)cc1CC(=O)OCC(N)=O. The van der Waals surface area contributed by atoms with Crippen LogP contribution in [0.3, 0.4) is 0 Å². The van der Waals surface area contributed by atoms with Gasteiger partial charge in [0.15, 0.2) is 6.61 Å². The molecule has 0 aromatic heterocycles. The highest BCUT2D eigenvalue weighted by Crippen LogP contribution is 2.23. The van der Waals surface area contributed by atoms with Gasteiger partial charge in [0.25, 0.3) is 5.91 Å². The molecule has 1 aromatic carbocycles. The van der Waals surface area contributed by atoms with Crippen LogP contribution < -0.4 is 10.5 Å². The van der Waals surface area contributed by atoms with Crippen LogP contribution in [0.25, 0.3) is 0 Å². The highest BCUT2D eigenvalue weighted by atomic mass is 35.5. The van der Waals surface area contributed by atoms with Crippen molar-refractivity contribution in [2.75, 3.05) is 13.7 Å². The van der Waals surface area contributed by atoms with Gasteiger partial charge in [0.05, 0.1) is 13.5 Å². The number of primary amides is 1. The lowest BCUT2D eigenvalue weighted by atomic mass is 10.1. The number of amides is 1. The Hall–Kier alpha value is -1.75. The van der Waals surface area contributed by atoms with Crippen molar-refractivity contribution >= 4 is 23.5 Å². The van der Waals surface area contributed by atoms with Gasteiger partial charge in [0.1, 0.15) is 5.75 Å². The van der Waals surface area contributed by atoms with Crippen molar-refractivity contribution < 1.29 is 19.1 Å². The maximum absolute atomic E-state index is 11.4. The molecule has 92 valence electrons. The summed E-state index contributed by atoms with van der Waals surface area (Å²) in [5.74, 6) is -0.730. The van der Waals surface area contributed by atoms with E-state index < -0.39 is 18.5 Å². The summed E-state index contributed by atoms with van der Waals surface area (Å²) in [6.07, 6.45) is -0.0307. The monoisotopic (exact) mass is 257 g/mol. The lowest BCUT2D eigenvalue weighted by molar-refractivity contribution is -0.147. The Kier molecular flexibility index (Phi) is 4.78. The van der Waals surface area contributed by atoms with Gasteiger partial charge in [-0.05, 0) is 18.2 Å². The van der Waals surface area contributed by atoms with Crippen LogP contribution in [-0.4, -0.2) is 25.6 Å². The molecule has 0 saturated carbocycles. The van der Waals surface area contributed by atoms with E-state index in [4.69, 9.17) is 22.1 Å². The summed E-state index contributed by atoms with van der Waals surface area (Å²) >= 11 is 5.80. The molecule has 5 nitrogen and oxygen atoms in total. The first-order chi connectivity index (χ1) is 8.02. The van der Waals surface area contributed by atoms with Crippen LogP contribution in [0.15, 0.2) is 18.2 Å². The Morgan fingerprint density at radius 2 is 2.12 bits per heavy atom. The molecule has 0 aliphatic carbocycles.